The lowest BCUT2D eigenvalue weighted by molar-refractivity contribution is -0.153. The van der Waals surface area contributed by atoms with Gasteiger partial charge in [0.25, 0.3) is 5.91 Å². The van der Waals surface area contributed by atoms with Crippen molar-refractivity contribution in [1.29, 1.82) is 0 Å². The summed E-state index contributed by atoms with van der Waals surface area (Å²) in [5, 5.41) is 8.94. The highest BCUT2D eigenvalue weighted by Gasteiger charge is 2.31. The summed E-state index contributed by atoms with van der Waals surface area (Å²) in [4.78, 5) is 17.1. The summed E-state index contributed by atoms with van der Waals surface area (Å²) in [6.07, 6.45) is 3.62. The van der Waals surface area contributed by atoms with Crippen molar-refractivity contribution in [3.63, 3.8) is 0 Å². The number of unbranched alkanes of at least 4 members (excludes halogenated alkanes) is 1. The van der Waals surface area contributed by atoms with Crippen LogP contribution >= 0.6 is 15.9 Å². The molecule has 2 aliphatic rings. The molecule has 6 nitrogen and oxygen atoms in total. The van der Waals surface area contributed by atoms with Gasteiger partial charge in [0.15, 0.2) is 5.76 Å². The van der Waals surface area contributed by atoms with Crippen molar-refractivity contribution < 1.29 is 19.4 Å². The van der Waals surface area contributed by atoms with E-state index < -0.39 is 6.29 Å². The lowest BCUT2D eigenvalue weighted by Gasteiger charge is -2.35. The molecule has 1 saturated heterocycles. The molecule has 2 atom stereocenters. The molecule has 1 aromatic rings. The molecule has 1 aromatic carbocycles. The van der Waals surface area contributed by atoms with Crippen LogP contribution in [0.25, 0.3) is 0 Å². The van der Waals surface area contributed by atoms with Crippen molar-refractivity contribution in [2.45, 2.75) is 31.5 Å². The number of piperazine rings is 1. The molecule has 28 heavy (non-hydrogen) atoms. The molecule has 0 spiro atoms. The normalized spacial score (nSPS) is 23.2. The van der Waals surface area contributed by atoms with Crippen LogP contribution in [0.1, 0.15) is 30.7 Å². The molecule has 7 heteroatoms. The fourth-order valence-electron chi connectivity index (χ4n) is 3.45. The summed E-state index contributed by atoms with van der Waals surface area (Å²) in [5.74, 6) is 0.394. The largest absolute Gasteiger partial charge is 0.459 e. The van der Waals surface area contributed by atoms with E-state index >= 15 is 0 Å². The van der Waals surface area contributed by atoms with E-state index in [1.54, 1.807) is 0 Å². The number of halogens is 1. The van der Waals surface area contributed by atoms with Crippen molar-refractivity contribution >= 4 is 21.8 Å². The van der Waals surface area contributed by atoms with Crippen molar-refractivity contribution in [2.24, 2.45) is 0 Å². The lowest BCUT2D eigenvalue weighted by atomic mass is 9.93. The van der Waals surface area contributed by atoms with Crippen LogP contribution in [0.5, 0.6) is 0 Å². The first-order valence-electron chi connectivity index (χ1n) is 9.91. The van der Waals surface area contributed by atoms with Gasteiger partial charge in [0, 0.05) is 49.6 Å². The van der Waals surface area contributed by atoms with Gasteiger partial charge in [0.1, 0.15) is 0 Å². The maximum absolute atomic E-state index is 13.0. The Labute approximate surface area is 175 Å². The summed E-state index contributed by atoms with van der Waals surface area (Å²) < 4.78 is 12.9. The fourth-order valence-corrected chi connectivity index (χ4v) is 3.71. The fraction of sp³-hybridized carbons (Fsp3) is 0.571. The molecule has 1 amide bonds. The van der Waals surface area contributed by atoms with E-state index in [-0.39, 0.29) is 18.4 Å². The van der Waals surface area contributed by atoms with Crippen LogP contribution in [0.3, 0.4) is 0 Å². The third-order valence-electron chi connectivity index (χ3n) is 5.21. The van der Waals surface area contributed by atoms with E-state index in [1.165, 1.54) is 0 Å². The number of likely N-dealkylation sites (N-methyl/N-ethyl adjacent to an activating group) is 1. The molecule has 1 N–H and O–H groups in total. The predicted octanol–water partition coefficient (Wildman–Crippen LogP) is 2.73. The Hall–Kier alpha value is -1.41. The standard InChI is InChI=1S/C21H29BrN2O4/c1-23-8-10-24(11-9-23)21(26)19-14-17(16-4-6-18(22)7-5-16)15-20(28-19)27-13-3-2-12-25/h4-7,14,17,20,25H,2-3,8-13,15H2,1H3/t17-,20+/m1/s1. The number of carbonyl (C=O) groups is 1. The Kier molecular flexibility index (Phi) is 7.91. The second-order valence-electron chi connectivity index (χ2n) is 7.37. The van der Waals surface area contributed by atoms with E-state index in [1.807, 2.05) is 23.1 Å². The van der Waals surface area contributed by atoms with Crippen LogP contribution < -0.4 is 0 Å². The van der Waals surface area contributed by atoms with Gasteiger partial charge in [-0.15, -0.1) is 0 Å². The zero-order chi connectivity index (χ0) is 19.9. The summed E-state index contributed by atoms with van der Waals surface area (Å²) in [6, 6.07) is 8.16. The second-order valence-corrected chi connectivity index (χ2v) is 8.28. The number of benzene rings is 1. The number of aliphatic hydroxyl groups excluding tert-OH is 1. The monoisotopic (exact) mass is 452 g/mol. The van der Waals surface area contributed by atoms with E-state index in [2.05, 4.69) is 40.0 Å². The SMILES string of the molecule is CN1CCN(C(=O)C2=C[C@@H](c3ccc(Br)cc3)C[C@@H](OCCCCO)O2)CC1. The maximum Gasteiger partial charge on any atom is 0.288 e. The molecular weight excluding hydrogens is 424 g/mol. The van der Waals surface area contributed by atoms with Gasteiger partial charge in [-0.25, -0.2) is 0 Å². The van der Waals surface area contributed by atoms with Crippen LogP contribution in [-0.2, 0) is 14.3 Å². The highest BCUT2D eigenvalue weighted by molar-refractivity contribution is 9.10. The Balaban J connectivity index is 1.73. The topological polar surface area (TPSA) is 62.2 Å². The van der Waals surface area contributed by atoms with E-state index in [0.29, 0.717) is 38.3 Å². The molecule has 1 fully saturated rings. The number of nitrogens with zero attached hydrogens (tertiary/aromatic N) is 2. The third-order valence-corrected chi connectivity index (χ3v) is 5.74. The minimum atomic E-state index is -0.455. The maximum atomic E-state index is 13.0. The number of ether oxygens (including phenoxy) is 2. The molecule has 3 rings (SSSR count). The van der Waals surface area contributed by atoms with Crippen molar-refractivity contribution in [3.05, 3.63) is 46.1 Å². The number of aliphatic hydroxyl groups is 1. The van der Waals surface area contributed by atoms with Gasteiger partial charge in [0.05, 0.1) is 6.61 Å². The van der Waals surface area contributed by atoms with Crippen molar-refractivity contribution in [3.8, 4) is 0 Å². The van der Waals surface area contributed by atoms with Crippen LogP contribution in [0.2, 0.25) is 0 Å². The van der Waals surface area contributed by atoms with Crippen LogP contribution in [0.4, 0.5) is 0 Å². The number of hydrogen-bond acceptors (Lipinski definition) is 5. The van der Waals surface area contributed by atoms with Crippen LogP contribution in [-0.4, -0.2) is 73.5 Å². The third kappa shape index (κ3) is 5.80. The van der Waals surface area contributed by atoms with Gasteiger partial charge < -0.3 is 24.4 Å². The quantitative estimate of drug-likeness (QED) is 0.644. The van der Waals surface area contributed by atoms with E-state index in [0.717, 1.165) is 29.5 Å². The first-order valence-corrected chi connectivity index (χ1v) is 10.7. The summed E-state index contributed by atoms with van der Waals surface area (Å²) >= 11 is 3.47. The van der Waals surface area contributed by atoms with Gasteiger partial charge in [-0.2, -0.15) is 0 Å². The molecule has 0 unspecified atom stereocenters. The molecule has 0 aliphatic carbocycles. The zero-order valence-electron chi connectivity index (χ0n) is 16.3. The molecule has 2 aliphatic heterocycles. The molecule has 0 saturated carbocycles. The molecule has 0 aromatic heterocycles. The number of amides is 1. The van der Waals surface area contributed by atoms with E-state index in [4.69, 9.17) is 14.6 Å². The predicted molar refractivity (Wildman–Crippen MR) is 111 cm³/mol. The average Bonchev–Trinajstić information content (AvgIpc) is 2.71. The summed E-state index contributed by atoms with van der Waals surface area (Å²) in [5.41, 5.74) is 1.14. The summed E-state index contributed by atoms with van der Waals surface area (Å²) in [6.45, 7) is 3.83. The molecule has 154 valence electrons. The molecule has 0 bridgehead atoms. The Morgan fingerprint density at radius 3 is 2.61 bits per heavy atom. The van der Waals surface area contributed by atoms with Gasteiger partial charge >= 0.3 is 0 Å². The average molecular weight is 453 g/mol. The van der Waals surface area contributed by atoms with Crippen LogP contribution in [0, 0.1) is 0 Å². The van der Waals surface area contributed by atoms with Gasteiger partial charge in [-0.05, 0) is 43.7 Å². The highest BCUT2D eigenvalue weighted by atomic mass is 79.9. The highest BCUT2D eigenvalue weighted by Crippen LogP contribution is 2.32. The Morgan fingerprint density at radius 2 is 1.93 bits per heavy atom. The minimum Gasteiger partial charge on any atom is -0.459 e. The van der Waals surface area contributed by atoms with Crippen LogP contribution in [0.15, 0.2) is 40.6 Å². The van der Waals surface area contributed by atoms with Gasteiger partial charge in [0.2, 0.25) is 6.29 Å². The number of hydrogen-bond donors (Lipinski definition) is 1. The summed E-state index contributed by atoms with van der Waals surface area (Å²) in [7, 11) is 2.07. The smallest absolute Gasteiger partial charge is 0.288 e. The number of allylic oxidation sites excluding steroid dienone is 1. The molecule has 2 heterocycles. The minimum absolute atomic E-state index is 0.0566. The zero-order valence-corrected chi connectivity index (χ0v) is 17.9. The van der Waals surface area contributed by atoms with Gasteiger partial charge in [-0.3, -0.25) is 4.79 Å². The van der Waals surface area contributed by atoms with Crippen molar-refractivity contribution in [1.82, 2.24) is 9.80 Å². The Bertz CT molecular complexity index is 671. The molecule has 0 radical (unpaired) electrons. The second kappa shape index (κ2) is 10.4. The van der Waals surface area contributed by atoms with E-state index in [9.17, 15) is 4.79 Å². The first kappa shape index (κ1) is 21.3. The number of carbonyl (C=O) groups excluding carboxylic acids is 1. The Morgan fingerprint density at radius 1 is 1.21 bits per heavy atom. The van der Waals surface area contributed by atoms with Crippen molar-refractivity contribution in [2.75, 3.05) is 46.4 Å². The number of rotatable bonds is 7. The first-order chi connectivity index (χ1) is 13.6. The molecular formula is C21H29BrN2O4. The lowest BCUT2D eigenvalue weighted by Crippen LogP contribution is -2.48. The van der Waals surface area contributed by atoms with Gasteiger partial charge in [-0.1, -0.05) is 28.1 Å².